The predicted molar refractivity (Wildman–Crippen MR) is 106 cm³/mol. The maximum atomic E-state index is 12.4. The number of carbonyl (C=O) groups excluding carboxylic acids is 2. The van der Waals surface area contributed by atoms with Crippen LogP contribution in [0.4, 0.5) is 10.5 Å². The fraction of sp³-hybridized carbons (Fsp3) is 0.300. The normalized spacial score (nSPS) is 12.9. The number of aliphatic hydroxyl groups is 1. The molecule has 27 heavy (non-hydrogen) atoms. The van der Waals surface area contributed by atoms with Crippen LogP contribution < -0.4 is 5.32 Å². The SMILES string of the molecule is CC(=O)c1ccc(NC(=O)O[C@@H](c2cc(Br)ccc2O)[C@@H](C)CCO)cc1. The molecule has 0 spiro atoms. The molecule has 0 radical (unpaired) electrons. The van der Waals surface area contributed by atoms with Crippen LogP contribution in [0.25, 0.3) is 0 Å². The topological polar surface area (TPSA) is 95.9 Å². The molecule has 0 aliphatic rings. The van der Waals surface area contributed by atoms with Crippen molar-refractivity contribution in [1.29, 1.82) is 0 Å². The van der Waals surface area contributed by atoms with Crippen molar-refractivity contribution in [2.45, 2.75) is 26.4 Å². The zero-order valence-corrected chi connectivity index (χ0v) is 16.7. The molecule has 7 heteroatoms. The lowest BCUT2D eigenvalue weighted by atomic mass is 9.94. The first-order chi connectivity index (χ1) is 12.8. The minimum Gasteiger partial charge on any atom is -0.508 e. The van der Waals surface area contributed by atoms with Crippen LogP contribution in [-0.4, -0.2) is 28.7 Å². The second kappa shape index (κ2) is 9.53. The molecule has 0 bridgehead atoms. The number of nitrogens with one attached hydrogen (secondary N) is 1. The van der Waals surface area contributed by atoms with Gasteiger partial charge in [0.1, 0.15) is 11.9 Å². The Morgan fingerprint density at radius 1 is 1.19 bits per heavy atom. The average Bonchev–Trinajstić information content (AvgIpc) is 2.62. The lowest BCUT2D eigenvalue weighted by molar-refractivity contribution is 0.0652. The largest absolute Gasteiger partial charge is 0.508 e. The molecule has 0 fully saturated rings. The van der Waals surface area contributed by atoms with E-state index in [-0.39, 0.29) is 24.1 Å². The Kier molecular flexibility index (Phi) is 7.38. The first-order valence-electron chi connectivity index (χ1n) is 8.49. The molecule has 0 saturated heterocycles. The van der Waals surface area contributed by atoms with Gasteiger partial charge in [0.05, 0.1) is 0 Å². The van der Waals surface area contributed by atoms with Crippen LogP contribution in [0.5, 0.6) is 5.75 Å². The number of benzene rings is 2. The molecule has 2 aromatic rings. The fourth-order valence-corrected chi connectivity index (χ4v) is 3.02. The molecule has 3 N–H and O–H groups in total. The number of aromatic hydroxyl groups is 1. The number of aliphatic hydroxyl groups excluding tert-OH is 1. The highest BCUT2D eigenvalue weighted by Gasteiger charge is 2.26. The number of ether oxygens (including phenoxy) is 1. The van der Waals surface area contributed by atoms with Crippen molar-refractivity contribution in [1.82, 2.24) is 0 Å². The summed E-state index contributed by atoms with van der Waals surface area (Å²) < 4.78 is 6.30. The van der Waals surface area contributed by atoms with E-state index >= 15 is 0 Å². The summed E-state index contributed by atoms with van der Waals surface area (Å²) >= 11 is 3.35. The van der Waals surface area contributed by atoms with Gasteiger partial charge in [-0.3, -0.25) is 10.1 Å². The number of rotatable bonds is 7. The zero-order chi connectivity index (χ0) is 20.0. The molecule has 0 saturated carbocycles. The van der Waals surface area contributed by atoms with E-state index in [1.54, 1.807) is 36.4 Å². The van der Waals surface area contributed by atoms with E-state index in [1.165, 1.54) is 13.0 Å². The molecule has 2 atom stereocenters. The second-order valence-electron chi connectivity index (χ2n) is 6.28. The molecule has 0 aromatic heterocycles. The van der Waals surface area contributed by atoms with Crippen molar-refractivity contribution in [2.24, 2.45) is 5.92 Å². The third kappa shape index (κ3) is 5.80. The third-order valence-electron chi connectivity index (χ3n) is 4.17. The number of anilines is 1. The molecule has 6 nitrogen and oxygen atoms in total. The van der Waals surface area contributed by atoms with Gasteiger partial charge in [-0.15, -0.1) is 0 Å². The van der Waals surface area contributed by atoms with Crippen LogP contribution in [0.3, 0.4) is 0 Å². The van der Waals surface area contributed by atoms with Gasteiger partial charge in [-0.05, 0) is 61.7 Å². The van der Waals surface area contributed by atoms with Gasteiger partial charge in [0.25, 0.3) is 0 Å². The Bertz CT molecular complexity index is 807. The maximum Gasteiger partial charge on any atom is 0.412 e. The van der Waals surface area contributed by atoms with Crippen LogP contribution in [0.1, 0.15) is 42.3 Å². The Morgan fingerprint density at radius 3 is 2.44 bits per heavy atom. The minimum absolute atomic E-state index is 0.00611. The van der Waals surface area contributed by atoms with E-state index in [2.05, 4.69) is 21.2 Å². The number of phenolic OH excluding ortho intramolecular Hbond substituents is 1. The van der Waals surface area contributed by atoms with Gasteiger partial charge in [0.15, 0.2) is 5.78 Å². The number of carbonyl (C=O) groups is 2. The average molecular weight is 436 g/mol. The number of ketones is 1. The molecule has 0 heterocycles. The number of hydrogen-bond donors (Lipinski definition) is 3. The number of amides is 1. The van der Waals surface area contributed by atoms with Gasteiger partial charge in [-0.25, -0.2) is 4.79 Å². The summed E-state index contributed by atoms with van der Waals surface area (Å²) in [7, 11) is 0. The smallest absolute Gasteiger partial charge is 0.412 e. The molecule has 0 aliphatic carbocycles. The molecular formula is C20H22BrNO5. The summed E-state index contributed by atoms with van der Waals surface area (Å²) in [5, 5.41) is 22.0. The number of hydrogen-bond acceptors (Lipinski definition) is 5. The second-order valence-corrected chi connectivity index (χ2v) is 7.19. The summed E-state index contributed by atoms with van der Waals surface area (Å²) in [5.74, 6) is -0.278. The lowest BCUT2D eigenvalue weighted by Crippen LogP contribution is -2.22. The number of phenols is 1. The quantitative estimate of drug-likeness (QED) is 0.549. The van der Waals surface area contributed by atoms with Crippen molar-refractivity contribution in [3.05, 3.63) is 58.1 Å². The van der Waals surface area contributed by atoms with Crippen LogP contribution >= 0.6 is 15.9 Å². The summed E-state index contributed by atoms with van der Waals surface area (Å²) in [6, 6.07) is 11.3. The zero-order valence-electron chi connectivity index (χ0n) is 15.1. The van der Waals surface area contributed by atoms with Crippen molar-refractivity contribution < 1.29 is 24.5 Å². The third-order valence-corrected chi connectivity index (χ3v) is 4.66. The Morgan fingerprint density at radius 2 is 1.85 bits per heavy atom. The molecule has 2 aromatic carbocycles. The molecule has 1 amide bonds. The summed E-state index contributed by atoms with van der Waals surface area (Å²) in [4.78, 5) is 23.7. The summed E-state index contributed by atoms with van der Waals surface area (Å²) in [6.45, 7) is 3.23. The van der Waals surface area contributed by atoms with E-state index in [1.807, 2.05) is 6.92 Å². The maximum absolute atomic E-state index is 12.4. The number of Topliss-reactive ketones (excluding diaryl/α,β-unsaturated/α-hetero) is 1. The highest BCUT2D eigenvalue weighted by molar-refractivity contribution is 9.10. The van der Waals surface area contributed by atoms with Crippen molar-refractivity contribution >= 4 is 33.5 Å². The molecule has 144 valence electrons. The highest BCUT2D eigenvalue weighted by atomic mass is 79.9. The summed E-state index contributed by atoms with van der Waals surface area (Å²) in [5.41, 5.74) is 1.48. The van der Waals surface area contributed by atoms with Crippen molar-refractivity contribution in [3.63, 3.8) is 0 Å². The van der Waals surface area contributed by atoms with E-state index in [9.17, 15) is 19.8 Å². The lowest BCUT2D eigenvalue weighted by Gasteiger charge is -2.25. The van der Waals surface area contributed by atoms with Crippen LogP contribution in [0, 0.1) is 5.92 Å². The first-order valence-corrected chi connectivity index (χ1v) is 9.29. The Balaban J connectivity index is 2.17. The van der Waals surface area contributed by atoms with Gasteiger partial charge < -0.3 is 14.9 Å². The monoisotopic (exact) mass is 435 g/mol. The first kappa shape index (κ1) is 20.9. The molecule has 0 aliphatic heterocycles. The van der Waals surface area contributed by atoms with Gasteiger partial charge >= 0.3 is 6.09 Å². The Labute approximate surface area is 166 Å². The Hall–Kier alpha value is -2.38. The van der Waals surface area contributed by atoms with Gasteiger partial charge in [0, 0.05) is 27.9 Å². The summed E-state index contributed by atoms with van der Waals surface area (Å²) in [6.07, 6.45) is -1.04. The molecule has 2 rings (SSSR count). The van der Waals surface area contributed by atoms with Gasteiger partial charge in [-0.2, -0.15) is 0 Å². The fourth-order valence-electron chi connectivity index (χ4n) is 2.65. The minimum atomic E-state index is -0.744. The van der Waals surface area contributed by atoms with Crippen LogP contribution in [0.15, 0.2) is 46.9 Å². The van der Waals surface area contributed by atoms with E-state index in [4.69, 9.17) is 4.74 Å². The van der Waals surface area contributed by atoms with Crippen molar-refractivity contribution in [2.75, 3.05) is 11.9 Å². The van der Waals surface area contributed by atoms with E-state index in [0.717, 1.165) is 4.47 Å². The molecule has 0 unspecified atom stereocenters. The van der Waals surface area contributed by atoms with E-state index < -0.39 is 12.2 Å². The van der Waals surface area contributed by atoms with E-state index in [0.29, 0.717) is 23.2 Å². The highest BCUT2D eigenvalue weighted by Crippen LogP contribution is 2.36. The van der Waals surface area contributed by atoms with Crippen LogP contribution in [0.2, 0.25) is 0 Å². The number of halogens is 1. The van der Waals surface area contributed by atoms with Crippen molar-refractivity contribution in [3.8, 4) is 5.75 Å². The van der Waals surface area contributed by atoms with Gasteiger partial charge in [0.2, 0.25) is 0 Å². The van der Waals surface area contributed by atoms with Crippen LogP contribution in [-0.2, 0) is 4.74 Å². The standard InChI is InChI=1S/C20H22BrNO5/c1-12(9-10-23)19(17-11-15(21)5-8-18(17)25)27-20(26)22-16-6-3-14(4-7-16)13(2)24/h3-8,11-12,19,23,25H,9-10H2,1-2H3,(H,22,26)/t12-,19+/m0/s1. The predicted octanol–water partition coefficient (Wildman–Crippen LogP) is 4.67. The molecular weight excluding hydrogens is 414 g/mol. The van der Waals surface area contributed by atoms with Gasteiger partial charge in [-0.1, -0.05) is 22.9 Å².